The maximum atomic E-state index is 12.3. The van der Waals surface area contributed by atoms with Crippen LogP contribution in [-0.2, 0) is 14.4 Å². The Morgan fingerprint density at radius 1 is 1.19 bits per heavy atom. The molecule has 7 nitrogen and oxygen atoms in total. The van der Waals surface area contributed by atoms with Gasteiger partial charge in [0.25, 0.3) is 5.91 Å². The molecule has 3 rings (SSSR count). The third-order valence-electron chi connectivity index (χ3n) is 4.96. The first kappa shape index (κ1) is 22.8. The lowest BCUT2D eigenvalue weighted by Gasteiger charge is -2.17. The number of aryl methyl sites for hydroxylation is 1. The van der Waals surface area contributed by atoms with Gasteiger partial charge < -0.3 is 20.3 Å². The van der Waals surface area contributed by atoms with E-state index in [1.54, 1.807) is 29.2 Å². The number of anilines is 2. The third kappa shape index (κ3) is 6.07. The molecule has 8 heteroatoms. The molecule has 2 N–H and O–H groups in total. The lowest BCUT2D eigenvalue weighted by molar-refractivity contribution is -0.126. The summed E-state index contributed by atoms with van der Waals surface area (Å²) in [5.74, 6) is -0.243. The molecule has 1 heterocycles. The largest absolute Gasteiger partial charge is 0.484 e. The Hall–Kier alpha value is -2.87. The van der Waals surface area contributed by atoms with Gasteiger partial charge in [-0.15, -0.1) is 0 Å². The van der Waals surface area contributed by atoms with Gasteiger partial charge >= 0.3 is 0 Å². The summed E-state index contributed by atoms with van der Waals surface area (Å²) in [6.07, 6.45) is 1.07. The maximum Gasteiger partial charge on any atom is 0.262 e. The fourth-order valence-corrected chi connectivity index (χ4v) is 3.90. The minimum Gasteiger partial charge on any atom is -0.484 e. The zero-order valence-electron chi connectivity index (χ0n) is 17.6. The molecule has 0 aliphatic carbocycles. The summed E-state index contributed by atoms with van der Waals surface area (Å²) in [6.45, 7) is 4.80. The topological polar surface area (TPSA) is 87.7 Å². The highest BCUT2D eigenvalue weighted by molar-refractivity contribution is 9.10. The van der Waals surface area contributed by atoms with Gasteiger partial charge in [-0.2, -0.15) is 0 Å². The summed E-state index contributed by atoms with van der Waals surface area (Å²) in [5, 5.41) is 5.65. The minimum absolute atomic E-state index is 0.0756. The highest BCUT2D eigenvalue weighted by Crippen LogP contribution is 2.27. The zero-order chi connectivity index (χ0) is 22.4. The van der Waals surface area contributed by atoms with Gasteiger partial charge in [-0.05, 0) is 71.2 Å². The Morgan fingerprint density at radius 3 is 2.61 bits per heavy atom. The van der Waals surface area contributed by atoms with Crippen LogP contribution in [0.15, 0.2) is 46.9 Å². The van der Waals surface area contributed by atoms with Crippen LogP contribution in [0.25, 0.3) is 0 Å². The molecular weight excluding hydrogens is 462 g/mol. The smallest absolute Gasteiger partial charge is 0.262 e. The highest BCUT2D eigenvalue weighted by atomic mass is 79.9. The number of amides is 3. The number of rotatable bonds is 8. The van der Waals surface area contributed by atoms with E-state index in [1.807, 2.05) is 32.0 Å². The monoisotopic (exact) mass is 487 g/mol. The van der Waals surface area contributed by atoms with Gasteiger partial charge in [0, 0.05) is 29.7 Å². The first-order valence-electron chi connectivity index (χ1n) is 10.2. The molecule has 0 radical (unpaired) electrons. The van der Waals surface area contributed by atoms with Crippen molar-refractivity contribution in [2.24, 2.45) is 5.92 Å². The molecule has 1 atom stereocenters. The second-order valence-corrected chi connectivity index (χ2v) is 8.36. The van der Waals surface area contributed by atoms with Gasteiger partial charge in [0.1, 0.15) is 5.75 Å². The van der Waals surface area contributed by atoms with Crippen LogP contribution in [0.1, 0.15) is 25.3 Å². The van der Waals surface area contributed by atoms with Gasteiger partial charge in [0.15, 0.2) is 6.61 Å². The quantitative estimate of drug-likeness (QED) is 0.594. The number of hydrogen-bond donors (Lipinski definition) is 2. The summed E-state index contributed by atoms with van der Waals surface area (Å²) < 4.78 is 6.36. The maximum absolute atomic E-state index is 12.3. The molecule has 1 fully saturated rings. The number of hydrogen-bond acceptors (Lipinski definition) is 4. The molecule has 31 heavy (non-hydrogen) atoms. The molecule has 3 amide bonds. The van der Waals surface area contributed by atoms with E-state index in [1.165, 1.54) is 0 Å². The van der Waals surface area contributed by atoms with Gasteiger partial charge in [-0.3, -0.25) is 14.4 Å². The Bertz CT molecular complexity index is 962. The summed E-state index contributed by atoms with van der Waals surface area (Å²) in [7, 11) is 0. The molecule has 0 spiro atoms. The zero-order valence-corrected chi connectivity index (χ0v) is 19.2. The van der Waals surface area contributed by atoms with Gasteiger partial charge in [0.2, 0.25) is 11.8 Å². The van der Waals surface area contributed by atoms with Crippen LogP contribution in [0.5, 0.6) is 5.75 Å². The Labute approximate surface area is 190 Å². The lowest BCUT2D eigenvalue weighted by Crippen LogP contribution is -2.33. The normalized spacial score (nSPS) is 15.6. The van der Waals surface area contributed by atoms with Crippen molar-refractivity contribution in [1.29, 1.82) is 0 Å². The fraction of sp³-hybridized carbons (Fsp3) is 0.348. The first-order chi connectivity index (χ1) is 14.9. The number of nitrogens with zero attached hydrogens (tertiary/aromatic N) is 1. The average Bonchev–Trinajstić information content (AvgIpc) is 3.14. The van der Waals surface area contributed by atoms with Crippen molar-refractivity contribution in [3.8, 4) is 5.75 Å². The molecule has 0 aromatic heterocycles. The predicted octanol–water partition coefficient (Wildman–Crippen LogP) is 3.65. The van der Waals surface area contributed by atoms with E-state index in [2.05, 4.69) is 26.6 Å². The van der Waals surface area contributed by atoms with E-state index in [0.717, 1.165) is 16.5 Å². The van der Waals surface area contributed by atoms with Crippen LogP contribution < -0.4 is 20.3 Å². The Balaban J connectivity index is 1.52. The SMILES string of the molecule is CCCNC(=O)[C@H]1CC(=O)N(c2ccc(OCC(=O)Nc3ccc(C)cc3Br)cc2)C1. The number of nitrogens with one attached hydrogen (secondary N) is 2. The van der Waals surface area contributed by atoms with Gasteiger partial charge in [-0.1, -0.05) is 13.0 Å². The minimum atomic E-state index is -0.334. The van der Waals surface area contributed by atoms with E-state index in [4.69, 9.17) is 4.74 Å². The van der Waals surface area contributed by atoms with Gasteiger partial charge in [0.05, 0.1) is 11.6 Å². The molecule has 2 aromatic rings. The summed E-state index contributed by atoms with van der Waals surface area (Å²) in [6, 6.07) is 12.6. The molecule has 1 saturated heterocycles. The Morgan fingerprint density at radius 2 is 1.94 bits per heavy atom. The van der Waals surface area contributed by atoms with Crippen molar-refractivity contribution in [2.75, 3.05) is 29.9 Å². The molecule has 1 aliphatic rings. The second kappa shape index (κ2) is 10.4. The van der Waals surface area contributed by atoms with Crippen molar-refractivity contribution in [3.63, 3.8) is 0 Å². The number of benzene rings is 2. The third-order valence-corrected chi connectivity index (χ3v) is 5.62. The summed E-state index contributed by atoms with van der Waals surface area (Å²) in [5.41, 5.74) is 2.47. The molecule has 164 valence electrons. The van der Waals surface area contributed by atoms with Crippen molar-refractivity contribution in [3.05, 3.63) is 52.5 Å². The number of carbonyl (C=O) groups excluding carboxylic acids is 3. The molecule has 1 aliphatic heterocycles. The van der Waals surface area contributed by atoms with Crippen LogP contribution in [0.3, 0.4) is 0 Å². The summed E-state index contributed by atoms with van der Waals surface area (Å²) >= 11 is 3.43. The Kier molecular flexibility index (Phi) is 7.68. The van der Waals surface area contributed by atoms with Crippen LogP contribution in [0.4, 0.5) is 11.4 Å². The van der Waals surface area contributed by atoms with Crippen LogP contribution in [0.2, 0.25) is 0 Å². The second-order valence-electron chi connectivity index (χ2n) is 7.51. The summed E-state index contributed by atoms with van der Waals surface area (Å²) in [4.78, 5) is 38.3. The molecular formula is C23H26BrN3O4. The van der Waals surface area contributed by atoms with Gasteiger partial charge in [-0.25, -0.2) is 0 Å². The first-order valence-corrected chi connectivity index (χ1v) is 11.0. The number of halogens is 1. The van der Waals surface area contributed by atoms with Crippen LogP contribution in [-0.4, -0.2) is 37.4 Å². The molecule has 0 bridgehead atoms. The van der Waals surface area contributed by atoms with Crippen LogP contribution in [0, 0.1) is 12.8 Å². The van der Waals surface area contributed by atoms with Crippen molar-refractivity contribution in [1.82, 2.24) is 5.32 Å². The molecule has 0 unspecified atom stereocenters. The van der Waals surface area contributed by atoms with E-state index >= 15 is 0 Å². The molecule has 0 saturated carbocycles. The van der Waals surface area contributed by atoms with E-state index in [0.29, 0.717) is 30.2 Å². The standard InChI is InChI=1S/C23H26BrN3O4/c1-3-10-25-23(30)16-12-22(29)27(13-16)17-5-7-18(8-6-17)31-14-21(28)26-20-9-4-15(2)11-19(20)24/h4-9,11,16H,3,10,12-14H2,1-2H3,(H,25,30)(H,26,28)/t16-/m0/s1. The highest BCUT2D eigenvalue weighted by Gasteiger charge is 2.34. The fourth-order valence-electron chi connectivity index (χ4n) is 3.30. The lowest BCUT2D eigenvalue weighted by atomic mass is 10.1. The number of carbonyl (C=O) groups is 3. The van der Waals surface area contributed by atoms with E-state index in [9.17, 15) is 14.4 Å². The van der Waals surface area contributed by atoms with E-state index < -0.39 is 0 Å². The average molecular weight is 488 g/mol. The van der Waals surface area contributed by atoms with Crippen molar-refractivity contribution in [2.45, 2.75) is 26.7 Å². The predicted molar refractivity (Wildman–Crippen MR) is 123 cm³/mol. The van der Waals surface area contributed by atoms with Crippen molar-refractivity contribution >= 4 is 45.0 Å². The molecule has 2 aromatic carbocycles. The van der Waals surface area contributed by atoms with Crippen LogP contribution >= 0.6 is 15.9 Å². The van der Waals surface area contributed by atoms with E-state index in [-0.39, 0.29) is 36.7 Å². The van der Waals surface area contributed by atoms with Crippen molar-refractivity contribution < 1.29 is 19.1 Å². The number of ether oxygens (including phenoxy) is 1.